The lowest BCUT2D eigenvalue weighted by atomic mass is 10.1. The van der Waals surface area contributed by atoms with Crippen molar-refractivity contribution in [1.29, 1.82) is 0 Å². The van der Waals surface area contributed by atoms with Crippen molar-refractivity contribution in [3.63, 3.8) is 0 Å². The molecule has 2 amide bonds. The molecule has 0 radical (unpaired) electrons. The van der Waals surface area contributed by atoms with Crippen molar-refractivity contribution in [3.8, 4) is 11.3 Å². The fourth-order valence-corrected chi connectivity index (χ4v) is 3.70. The van der Waals surface area contributed by atoms with Gasteiger partial charge < -0.3 is 5.32 Å². The first kappa shape index (κ1) is 18.1. The van der Waals surface area contributed by atoms with Crippen molar-refractivity contribution < 1.29 is 4.79 Å². The summed E-state index contributed by atoms with van der Waals surface area (Å²) in [5.41, 5.74) is 4.64. The van der Waals surface area contributed by atoms with Gasteiger partial charge in [0.25, 0.3) is 0 Å². The predicted molar refractivity (Wildman–Crippen MR) is 103 cm³/mol. The van der Waals surface area contributed by atoms with Crippen LogP contribution in [0, 0.1) is 13.8 Å². The molecule has 2 heterocycles. The van der Waals surface area contributed by atoms with Crippen LogP contribution in [0.3, 0.4) is 0 Å². The summed E-state index contributed by atoms with van der Waals surface area (Å²) in [6.45, 7) is 8.80. The van der Waals surface area contributed by atoms with Gasteiger partial charge in [0.05, 0.1) is 11.7 Å². The summed E-state index contributed by atoms with van der Waals surface area (Å²) in [7, 11) is 0. The minimum atomic E-state index is -0.288. The molecule has 1 aromatic carbocycles. The summed E-state index contributed by atoms with van der Waals surface area (Å²) in [5.74, 6) is 0. The minimum absolute atomic E-state index is 0.156. The topological polar surface area (TPSA) is 84.7 Å². The largest absolute Gasteiger partial charge is 0.331 e. The zero-order chi connectivity index (χ0) is 18.7. The molecule has 136 valence electrons. The summed E-state index contributed by atoms with van der Waals surface area (Å²) in [5, 5.41) is 15.1. The van der Waals surface area contributed by atoms with Gasteiger partial charge in [-0.2, -0.15) is 5.10 Å². The number of nitrogens with zero attached hydrogens (tertiary/aromatic N) is 4. The van der Waals surface area contributed by atoms with E-state index >= 15 is 0 Å². The minimum Gasteiger partial charge on any atom is -0.331 e. The third-order valence-electron chi connectivity index (χ3n) is 4.28. The van der Waals surface area contributed by atoms with Crippen molar-refractivity contribution in [1.82, 2.24) is 24.7 Å². The molecule has 26 heavy (non-hydrogen) atoms. The Morgan fingerprint density at radius 3 is 2.65 bits per heavy atom. The monoisotopic (exact) mass is 370 g/mol. The molecule has 0 unspecified atom stereocenters. The van der Waals surface area contributed by atoms with Crippen molar-refractivity contribution in [2.45, 2.75) is 40.3 Å². The maximum atomic E-state index is 12.5. The van der Waals surface area contributed by atoms with Crippen molar-refractivity contribution in [2.75, 3.05) is 5.32 Å². The van der Waals surface area contributed by atoms with Gasteiger partial charge in [-0.1, -0.05) is 34.8 Å². The lowest BCUT2D eigenvalue weighted by Gasteiger charge is -2.15. The average molecular weight is 370 g/mol. The number of aryl methyl sites for hydroxylation is 2. The second-order valence-corrected chi connectivity index (χ2v) is 6.79. The maximum absolute atomic E-state index is 12.5. The number of carbonyl (C=O) groups is 1. The van der Waals surface area contributed by atoms with Crippen molar-refractivity contribution >= 4 is 22.6 Å². The van der Waals surface area contributed by atoms with E-state index in [1.54, 1.807) is 0 Å². The molecule has 0 aliphatic heterocycles. The third kappa shape index (κ3) is 3.60. The van der Waals surface area contributed by atoms with Gasteiger partial charge in [0.1, 0.15) is 10.7 Å². The lowest BCUT2D eigenvalue weighted by molar-refractivity contribution is 0.249. The van der Waals surface area contributed by atoms with Gasteiger partial charge in [-0.05, 0) is 27.7 Å². The van der Waals surface area contributed by atoms with E-state index in [0.29, 0.717) is 10.7 Å². The van der Waals surface area contributed by atoms with E-state index in [0.717, 1.165) is 40.6 Å². The summed E-state index contributed by atoms with van der Waals surface area (Å²) >= 11 is 1.16. The molecule has 8 heteroatoms. The molecule has 3 aromatic rings. The van der Waals surface area contributed by atoms with Gasteiger partial charge >= 0.3 is 6.03 Å². The Morgan fingerprint density at radius 2 is 2.00 bits per heavy atom. The van der Waals surface area contributed by atoms with Crippen LogP contribution < -0.4 is 10.6 Å². The van der Waals surface area contributed by atoms with Gasteiger partial charge in [-0.3, -0.25) is 10.00 Å². The van der Waals surface area contributed by atoms with Crippen LogP contribution in [0.2, 0.25) is 0 Å². The Hall–Kier alpha value is -2.74. The summed E-state index contributed by atoms with van der Waals surface area (Å²) in [4.78, 5) is 12.5. The summed E-state index contributed by atoms with van der Waals surface area (Å²) < 4.78 is 5.91. The molecule has 0 aliphatic rings. The maximum Gasteiger partial charge on any atom is 0.320 e. The molecular weight excluding hydrogens is 348 g/mol. The van der Waals surface area contributed by atoms with E-state index in [-0.39, 0.29) is 12.1 Å². The molecule has 0 spiro atoms. The normalized spacial score (nSPS) is 12.0. The van der Waals surface area contributed by atoms with E-state index in [1.165, 1.54) is 0 Å². The highest BCUT2D eigenvalue weighted by Gasteiger charge is 2.20. The second kappa shape index (κ2) is 7.65. The zero-order valence-electron chi connectivity index (χ0n) is 15.3. The number of hydrogen-bond donors (Lipinski definition) is 2. The number of urea groups is 1. The molecule has 0 saturated heterocycles. The van der Waals surface area contributed by atoms with Gasteiger partial charge in [0.15, 0.2) is 0 Å². The summed E-state index contributed by atoms with van der Waals surface area (Å²) in [6.07, 6.45) is 0. The van der Waals surface area contributed by atoms with Gasteiger partial charge in [0.2, 0.25) is 0 Å². The predicted octanol–water partition coefficient (Wildman–Crippen LogP) is 3.92. The number of amides is 2. The van der Waals surface area contributed by atoms with Crippen LogP contribution in [-0.4, -0.2) is 25.4 Å². The highest BCUT2D eigenvalue weighted by atomic mass is 32.1. The number of aromatic nitrogens is 4. The smallest absolute Gasteiger partial charge is 0.320 e. The molecule has 7 nitrogen and oxygen atoms in total. The SMILES string of the molecule is CCn1nc(C)c([C@H](C)NC(=O)Nc2snnc2-c2ccccc2)c1C. The average Bonchev–Trinajstić information content (AvgIpc) is 3.19. The Kier molecular flexibility index (Phi) is 5.32. The number of carbonyl (C=O) groups excluding carboxylic acids is 1. The number of nitrogens with one attached hydrogen (secondary N) is 2. The molecule has 3 rings (SSSR count). The number of rotatable bonds is 5. The number of hydrogen-bond acceptors (Lipinski definition) is 5. The number of anilines is 1. The standard InChI is InChI=1S/C18H22N6OS/c1-5-24-13(4)15(12(3)22-24)11(2)19-18(25)20-17-16(21-23-26-17)14-9-7-6-8-10-14/h6-11H,5H2,1-4H3,(H2,19,20,25)/t11-/m0/s1. The quantitative estimate of drug-likeness (QED) is 0.713. The van der Waals surface area contributed by atoms with E-state index in [2.05, 4.69) is 32.2 Å². The molecule has 0 fully saturated rings. The van der Waals surface area contributed by atoms with E-state index < -0.39 is 0 Å². The highest BCUT2D eigenvalue weighted by molar-refractivity contribution is 7.10. The Balaban J connectivity index is 1.73. The fourth-order valence-electron chi connectivity index (χ4n) is 3.11. The molecule has 0 saturated carbocycles. The first-order valence-electron chi connectivity index (χ1n) is 8.50. The first-order valence-corrected chi connectivity index (χ1v) is 9.27. The van der Waals surface area contributed by atoms with Crippen LogP contribution >= 0.6 is 11.5 Å². The summed E-state index contributed by atoms with van der Waals surface area (Å²) in [6, 6.07) is 9.23. The molecule has 0 aliphatic carbocycles. The first-order chi connectivity index (χ1) is 12.5. The van der Waals surface area contributed by atoms with E-state index in [1.807, 2.05) is 55.8 Å². The third-order valence-corrected chi connectivity index (χ3v) is 4.92. The van der Waals surface area contributed by atoms with E-state index in [9.17, 15) is 4.79 Å². The van der Waals surface area contributed by atoms with E-state index in [4.69, 9.17) is 0 Å². The highest BCUT2D eigenvalue weighted by Crippen LogP contribution is 2.28. The molecule has 0 bridgehead atoms. The van der Waals surface area contributed by atoms with Crippen LogP contribution in [0.4, 0.5) is 9.80 Å². The Bertz CT molecular complexity index is 902. The van der Waals surface area contributed by atoms with Crippen LogP contribution in [-0.2, 0) is 6.54 Å². The number of benzene rings is 1. The van der Waals surface area contributed by atoms with Crippen LogP contribution in [0.5, 0.6) is 0 Å². The molecule has 2 N–H and O–H groups in total. The van der Waals surface area contributed by atoms with Gasteiger partial charge in [-0.25, -0.2) is 4.79 Å². The van der Waals surface area contributed by atoms with Crippen molar-refractivity contribution in [2.24, 2.45) is 0 Å². The van der Waals surface area contributed by atoms with Gasteiger partial charge in [0, 0.05) is 34.9 Å². The van der Waals surface area contributed by atoms with Gasteiger partial charge in [-0.15, -0.1) is 5.10 Å². The zero-order valence-corrected chi connectivity index (χ0v) is 16.1. The Morgan fingerprint density at radius 1 is 1.27 bits per heavy atom. The molecule has 1 atom stereocenters. The van der Waals surface area contributed by atoms with Crippen molar-refractivity contribution in [3.05, 3.63) is 47.3 Å². The molecule has 2 aromatic heterocycles. The van der Waals surface area contributed by atoms with Crippen LogP contribution in [0.15, 0.2) is 30.3 Å². The second-order valence-electron chi connectivity index (χ2n) is 6.04. The Labute approximate surface area is 156 Å². The lowest BCUT2D eigenvalue weighted by Crippen LogP contribution is -2.31. The fraction of sp³-hybridized carbons (Fsp3) is 0.333. The molecular formula is C18H22N6OS. The van der Waals surface area contributed by atoms with Crippen LogP contribution in [0.25, 0.3) is 11.3 Å². The van der Waals surface area contributed by atoms with Crippen LogP contribution in [0.1, 0.15) is 36.8 Å².